The Morgan fingerprint density at radius 2 is 1.26 bits per heavy atom. The molecule has 198 valence electrons. The summed E-state index contributed by atoms with van der Waals surface area (Å²) in [7, 11) is 0. The molecule has 0 aliphatic carbocycles. The topological polar surface area (TPSA) is 96.3 Å². The predicted octanol–water partition coefficient (Wildman–Crippen LogP) is 6.02. The number of hydrogen-bond donors (Lipinski definition) is 2. The number of benzene rings is 4. The van der Waals surface area contributed by atoms with Crippen LogP contribution in [0.3, 0.4) is 0 Å². The summed E-state index contributed by atoms with van der Waals surface area (Å²) < 4.78 is 12.1. The van der Waals surface area contributed by atoms with Crippen molar-refractivity contribution in [3.63, 3.8) is 0 Å². The summed E-state index contributed by atoms with van der Waals surface area (Å²) >= 11 is 0. The number of carbonyl (C=O) groups excluding carboxylic acids is 1. The second-order valence-corrected chi connectivity index (χ2v) is 9.50. The molecule has 1 amide bonds. The number of aromatic hydroxyl groups is 1. The van der Waals surface area contributed by atoms with Gasteiger partial charge in [0.15, 0.2) is 0 Å². The largest absolute Gasteiger partial charge is 0.508 e. The fraction of sp³-hybridized carbons (Fsp3) is 0.188. The van der Waals surface area contributed by atoms with Gasteiger partial charge in [-0.05, 0) is 77.4 Å². The summed E-state index contributed by atoms with van der Waals surface area (Å²) in [5.74, 6) is 0.719. The highest BCUT2D eigenvalue weighted by Gasteiger charge is 2.24. The summed E-state index contributed by atoms with van der Waals surface area (Å²) in [6.07, 6.45) is 1.57. The standard InChI is InChI=1S/C32H29NO6/c34-27-11-7-25(8-12-27)31(35)33-19-17-30(18-20-33)39-29-13-1-22(2-14-29)21-38-28-15-9-24(10-16-28)23-3-5-26(6-4-23)32(36)37/h1-16,30,34H,17-21H2,(H,36,37). The molecular weight excluding hydrogens is 494 g/mol. The number of ether oxygens (including phenoxy) is 2. The Hall–Kier alpha value is -4.78. The third-order valence-corrected chi connectivity index (χ3v) is 6.79. The molecule has 5 rings (SSSR count). The summed E-state index contributed by atoms with van der Waals surface area (Å²) in [5, 5.41) is 18.5. The van der Waals surface area contributed by atoms with Gasteiger partial charge >= 0.3 is 5.97 Å². The van der Waals surface area contributed by atoms with Crippen LogP contribution in [0.5, 0.6) is 17.2 Å². The normalized spacial score (nSPS) is 13.6. The third kappa shape index (κ3) is 6.57. The molecule has 0 spiro atoms. The van der Waals surface area contributed by atoms with Crippen molar-refractivity contribution in [2.45, 2.75) is 25.6 Å². The highest BCUT2D eigenvalue weighted by atomic mass is 16.5. The van der Waals surface area contributed by atoms with Crippen molar-refractivity contribution in [1.82, 2.24) is 4.90 Å². The lowest BCUT2D eigenvalue weighted by Crippen LogP contribution is -2.41. The Labute approximate surface area is 226 Å². The summed E-state index contributed by atoms with van der Waals surface area (Å²) in [6.45, 7) is 1.68. The molecule has 0 bridgehead atoms. The van der Waals surface area contributed by atoms with Gasteiger partial charge in [-0.3, -0.25) is 4.79 Å². The molecule has 0 saturated carbocycles. The smallest absolute Gasteiger partial charge is 0.335 e. The van der Waals surface area contributed by atoms with Crippen LogP contribution in [-0.2, 0) is 6.61 Å². The maximum atomic E-state index is 12.7. The van der Waals surface area contributed by atoms with Crippen molar-refractivity contribution in [1.29, 1.82) is 0 Å². The molecule has 39 heavy (non-hydrogen) atoms. The molecule has 0 radical (unpaired) electrons. The van der Waals surface area contributed by atoms with Gasteiger partial charge < -0.3 is 24.6 Å². The molecule has 4 aromatic carbocycles. The van der Waals surface area contributed by atoms with Crippen LogP contribution in [0.4, 0.5) is 0 Å². The van der Waals surface area contributed by atoms with Gasteiger partial charge in [-0.1, -0.05) is 36.4 Å². The number of hydrogen-bond acceptors (Lipinski definition) is 5. The zero-order valence-electron chi connectivity index (χ0n) is 21.3. The van der Waals surface area contributed by atoms with Gasteiger partial charge in [0.25, 0.3) is 5.91 Å². The molecule has 7 heteroatoms. The number of nitrogens with zero attached hydrogens (tertiary/aromatic N) is 1. The number of rotatable bonds is 8. The lowest BCUT2D eigenvalue weighted by Gasteiger charge is -2.32. The van der Waals surface area contributed by atoms with Crippen LogP contribution in [0.2, 0.25) is 0 Å². The fourth-order valence-electron chi connectivity index (χ4n) is 4.54. The van der Waals surface area contributed by atoms with Gasteiger partial charge in [0.2, 0.25) is 0 Å². The van der Waals surface area contributed by atoms with E-state index >= 15 is 0 Å². The van der Waals surface area contributed by atoms with Gasteiger partial charge in [-0.25, -0.2) is 4.79 Å². The lowest BCUT2D eigenvalue weighted by atomic mass is 10.0. The summed E-state index contributed by atoms with van der Waals surface area (Å²) in [5.41, 5.74) is 3.78. The van der Waals surface area contributed by atoms with E-state index in [0.717, 1.165) is 41.0 Å². The second-order valence-electron chi connectivity index (χ2n) is 9.50. The number of piperidine rings is 1. The van der Waals surface area contributed by atoms with E-state index in [1.807, 2.05) is 53.4 Å². The number of phenols is 1. The van der Waals surface area contributed by atoms with Gasteiger partial charge in [-0.2, -0.15) is 0 Å². The third-order valence-electron chi connectivity index (χ3n) is 6.79. The minimum atomic E-state index is -0.939. The number of carbonyl (C=O) groups is 2. The number of amides is 1. The number of carboxylic acids is 1. The number of aromatic carboxylic acids is 1. The molecule has 1 aliphatic rings. The quantitative estimate of drug-likeness (QED) is 0.293. The first-order valence-corrected chi connectivity index (χ1v) is 12.8. The van der Waals surface area contributed by atoms with E-state index in [1.54, 1.807) is 36.4 Å². The van der Waals surface area contributed by atoms with Crippen molar-refractivity contribution in [3.05, 3.63) is 114 Å². The minimum Gasteiger partial charge on any atom is -0.508 e. The fourth-order valence-corrected chi connectivity index (χ4v) is 4.54. The molecule has 1 heterocycles. The Balaban J connectivity index is 1.08. The van der Waals surface area contributed by atoms with Crippen molar-refractivity contribution in [3.8, 4) is 28.4 Å². The molecule has 7 nitrogen and oxygen atoms in total. The zero-order chi connectivity index (χ0) is 27.2. The minimum absolute atomic E-state index is 0.0261. The monoisotopic (exact) mass is 523 g/mol. The van der Waals surface area contributed by atoms with Crippen LogP contribution in [0.25, 0.3) is 11.1 Å². The molecule has 1 aliphatic heterocycles. The molecule has 0 atom stereocenters. The first-order chi connectivity index (χ1) is 18.9. The van der Waals surface area contributed by atoms with Crippen LogP contribution in [0.15, 0.2) is 97.1 Å². The van der Waals surface area contributed by atoms with Crippen molar-refractivity contribution < 1.29 is 29.3 Å². The zero-order valence-corrected chi connectivity index (χ0v) is 21.3. The van der Waals surface area contributed by atoms with E-state index in [4.69, 9.17) is 14.6 Å². The lowest BCUT2D eigenvalue weighted by molar-refractivity contribution is 0.0594. The number of phenolic OH excluding ortho intramolecular Hbond substituents is 1. The van der Waals surface area contributed by atoms with E-state index in [9.17, 15) is 14.7 Å². The average molecular weight is 524 g/mol. The van der Waals surface area contributed by atoms with Crippen LogP contribution >= 0.6 is 0 Å². The van der Waals surface area contributed by atoms with E-state index in [2.05, 4.69) is 0 Å². The van der Waals surface area contributed by atoms with Gasteiger partial charge in [-0.15, -0.1) is 0 Å². The first kappa shape index (κ1) is 25.9. The van der Waals surface area contributed by atoms with E-state index < -0.39 is 5.97 Å². The summed E-state index contributed by atoms with van der Waals surface area (Å²) in [4.78, 5) is 25.5. The van der Waals surface area contributed by atoms with Crippen LogP contribution in [0, 0.1) is 0 Å². The Kier molecular flexibility index (Phi) is 7.78. The molecule has 1 saturated heterocycles. The Bertz CT molecular complexity index is 1410. The molecule has 2 N–H and O–H groups in total. The van der Waals surface area contributed by atoms with Crippen molar-refractivity contribution in [2.24, 2.45) is 0 Å². The molecule has 4 aromatic rings. The number of likely N-dealkylation sites (tertiary alicyclic amines) is 1. The number of carboxylic acid groups (broad SMARTS) is 1. The van der Waals surface area contributed by atoms with E-state index in [-0.39, 0.29) is 23.3 Å². The Morgan fingerprint density at radius 1 is 0.718 bits per heavy atom. The average Bonchev–Trinajstić information content (AvgIpc) is 2.97. The van der Waals surface area contributed by atoms with E-state index in [0.29, 0.717) is 25.3 Å². The van der Waals surface area contributed by atoms with Gasteiger partial charge in [0, 0.05) is 31.5 Å². The second kappa shape index (κ2) is 11.7. The maximum absolute atomic E-state index is 12.7. The molecular formula is C32H29NO6. The van der Waals surface area contributed by atoms with Gasteiger partial charge in [0.1, 0.15) is 30.0 Å². The molecule has 0 unspecified atom stereocenters. The molecule has 1 fully saturated rings. The maximum Gasteiger partial charge on any atom is 0.335 e. The van der Waals surface area contributed by atoms with E-state index in [1.165, 1.54) is 12.1 Å². The highest BCUT2D eigenvalue weighted by Crippen LogP contribution is 2.25. The van der Waals surface area contributed by atoms with Crippen LogP contribution in [0.1, 0.15) is 39.1 Å². The van der Waals surface area contributed by atoms with Crippen LogP contribution < -0.4 is 9.47 Å². The highest BCUT2D eigenvalue weighted by molar-refractivity contribution is 5.94. The first-order valence-electron chi connectivity index (χ1n) is 12.8. The van der Waals surface area contributed by atoms with Gasteiger partial charge in [0.05, 0.1) is 5.56 Å². The predicted molar refractivity (Wildman–Crippen MR) is 147 cm³/mol. The van der Waals surface area contributed by atoms with Crippen molar-refractivity contribution >= 4 is 11.9 Å². The molecule has 0 aromatic heterocycles. The Morgan fingerprint density at radius 3 is 1.85 bits per heavy atom. The SMILES string of the molecule is O=C(O)c1ccc(-c2ccc(OCc3ccc(OC4CCN(C(=O)c5ccc(O)cc5)CC4)cc3)cc2)cc1. The van der Waals surface area contributed by atoms with Crippen molar-refractivity contribution in [2.75, 3.05) is 13.1 Å². The summed E-state index contributed by atoms with van der Waals surface area (Å²) in [6, 6.07) is 28.7. The van der Waals surface area contributed by atoms with Crippen LogP contribution in [-0.4, -0.2) is 46.2 Å².